The second-order valence-corrected chi connectivity index (χ2v) is 5.31. The fourth-order valence-corrected chi connectivity index (χ4v) is 1.86. The van der Waals surface area contributed by atoms with Crippen LogP contribution in [0.15, 0.2) is 0 Å². The van der Waals surface area contributed by atoms with Crippen LogP contribution in [0.5, 0.6) is 0 Å². The van der Waals surface area contributed by atoms with Crippen molar-refractivity contribution in [3.8, 4) is 0 Å². The maximum atomic E-state index is 11.7. The van der Waals surface area contributed by atoms with Gasteiger partial charge in [-0.15, -0.1) is 0 Å². The number of amides is 1. The molecule has 3 N–H and O–H groups in total. The number of hydrogen-bond donors (Lipinski definition) is 3. The van der Waals surface area contributed by atoms with E-state index in [4.69, 9.17) is 9.84 Å². The average molecular weight is 230 g/mol. The fourth-order valence-electron chi connectivity index (χ4n) is 1.86. The van der Waals surface area contributed by atoms with E-state index in [1.807, 2.05) is 20.8 Å². The molecule has 0 aromatic rings. The molecule has 5 heteroatoms. The summed E-state index contributed by atoms with van der Waals surface area (Å²) < 4.78 is 5.21. The van der Waals surface area contributed by atoms with Crippen LogP contribution in [0.4, 0.5) is 4.79 Å². The van der Waals surface area contributed by atoms with Crippen molar-refractivity contribution >= 4 is 6.09 Å². The Kier molecular flexibility index (Phi) is 4.15. The number of rotatable bonds is 3. The predicted octanol–water partition coefficient (Wildman–Crippen LogP) is 0.626. The highest BCUT2D eigenvalue weighted by Crippen LogP contribution is 2.19. The molecule has 1 aliphatic heterocycles. The van der Waals surface area contributed by atoms with Crippen LogP contribution >= 0.6 is 0 Å². The van der Waals surface area contributed by atoms with Crippen LogP contribution in [0, 0.1) is 0 Å². The maximum Gasteiger partial charge on any atom is 0.408 e. The molecule has 0 bridgehead atoms. The van der Waals surface area contributed by atoms with Crippen molar-refractivity contribution in [3.05, 3.63) is 0 Å². The van der Waals surface area contributed by atoms with Gasteiger partial charge in [-0.3, -0.25) is 0 Å². The summed E-state index contributed by atoms with van der Waals surface area (Å²) in [7, 11) is 0. The van der Waals surface area contributed by atoms with Crippen LogP contribution in [0.25, 0.3) is 0 Å². The summed E-state index contributed by atoms with van der Waals surface area (Å²) in [6.45, 7) is 7.11. The lowest BCUT2D eigenvalue weighted by Crippen LogP contribution is -2.52. The number of aliphatic hydroxyl groups is 1. The number of alkyl carbamates (subject to hydrolysis) is 1. The Labute approximate surface area is 96.6 Å². The van der Waals surface area contributed by atoms with Gasteiger partial charge in [0.15, 0.2) is 0 Å². The van der Waals surface area contributed by atoms with E-state index in [-0.39, 0.29) is 12.1 Å². The largest absolute Gasteiger partial charge is 0.444 e. The van der Waals surface area contributed by atoms with E-state index in [0.717, 1.165) is 13.0 Å². The standard InChI is InChI=1S/C11H22N2O3/c1-10(2,3)16-9(15)13-11(5-7-14)4-6-12-8-11/h12,14H,4-8H2,1-3H3,(H,13,15)/t11-/m1/s1. The van der Waals surface area contributed by atoms with E-state index in [1.165, 1.54) is 0 Å². The van der Waals surface area contributed by atoms with E-state index in [2.05, 4.69) is 10.6 Å². The Balaban J connectivity index is 2.52. The molecule has 1 aliphatic rings. The summed E-state index contributed by atoms with van der Waals surface area (Å²) in [6.07, 6.45) is 0.969. The van der Waals surface area contributed by atoms with E-state index in [1.54, 1.807) is 0 Å². The smallest absolute Gasteiger partial charge is 0.408 e. The van der Waals surface area contributed by atoms with Gasteiger partial charge >= 0.3 is 6.09 Å². The number of ether oxygens (including phenoxy) is 1. The molecule has 0 aromatic heterocycles. The van der Waals surface area contributed by atoms with Gasteiger partial charge in [0.25, 0.3) is 0 Å². The van der Waals surface area contributed by atoms with E-state index in [0.29, 0.717) is 13.0 Å². The van der Waals surface area contributed by atoms with Crippen LogP contribution in [0.2, 0.25) is 0 Å². The highest BCUT2D eigenvalue weighted by molar-refractivity contribution is 5.69. The number of aliphatic hydroxyl groups excluding tert-OH is 1. The molecule has 0 radical (unpaired) electrons. The van der Waals surface area contributed by atoms with Gasteiger partial charge in [0.05, 0.1) is 5.54 Å². The van der Waals surface area contributed by atoms with Gasteiger partial charge in [0, 0.05) is 13.2 Å². The van der Waals surface area contributed by atoms with Gasteiger partial charge in [0.2, 0.25) is 0 Å². The van der Waals surface area contributed by atoms with Crippen LogP contribution in [-0.2, 0) is 4.74 Å². The number of carbonyl (C=O) groups is 1. The molecule has 1 amide bonds. The summed E-state index contributed by atoms with van der Waals surface area (Å²) in [5.41, 5.74) is -0.840. The van der Waals surface area contributed by atoms with Gasteiger partial charge in [-0.2, -0.15) is 0 Å². The molecule has 0 saturated carbocycles. The minimum Gasteiger partial charge on any atom is -0.444 e. The van der Waals surface area contributed by atoms with Gasteiger partial charge < -0.3 is 20.5 Å². The van der Waals surface area contributed by atoms with Crippen molar-refractivity contribution in [2.75, 3.05) is 19.7 Å². The lowest BCUT2D eigenvalue weighted by Gasteiger charge is -2.30. The summed E-state index contributed by atoms with van der Waals surface area (Å²) >= 11 is 0. The van der Waals surface area contributed by atoms with Crippen LogP contribution in [0.3, 0.4) is 0 Å². The number of nitrogens with one attached hydrogen (secondary N) is 2. The second-order valence-electron chi connectivity index (χ2n) is 5.31. The van der Waals surface area contributed by atoms with E-state index in [9.17, 15) is 4.79 Å². The van der Waals surface area contributed by atoms with Crippen LogP contribution < -0.4 is 10.6 Å². The molecule has 0 aliphatic carbocycles. The molecule has 5 nitrogen and oxygen atoms in total. The Hall–Kier alpha value is -0.810. The van der Waals surface area contributed by atoms with Gasteiger partial charge in [-0.25, -0.2) is 4.79 Å². The van der Waals surface area contributed by atoms with Gasteiger partial charge in [-0.1, -0.05) is 0 Å². The van der Waals surface area contributed by atoms with Gasteiger partial charge in [-0.05, 0) is 40.2 Å². The summed E-state index contributed by atoms with van der Waals surface area (Å²) in [6, 6.07) is 0. The first kappa shape index (κ1) is 13.3. The summed E-state index contributed by atoms with van der Waals surface area (Å²) in [5.74, 6) is 0. The summed E-state index contributed by atoms with van der Waals surface area (Å²) in [5, 5.41) is 15.1. The molecule has 1 saturated heterocycles. The minimum atomic E-state index is -0.490. The number of carbonyl (C=O) groups excluding carboxylic acids is 1. The SMILES string of the molecule is CC(C)(C)OC(=O)N[C@@]1(CCO)CCNC1. The Morgan fingerprint density at radius 3 is 2.69 bits per heavy atom. The van der Waals surface area contributed by atoms with Crippen molar-refractivity contribution in [2.45, 2.75) is 44.8 Å². The van der Waals surface area contributed by atoms with Crippen molar-refractivity contribution < 1.29 is 14.6 Å². The third-order valence-corrected chi connectivity index (χ3v) is 2.60. The Bertz CT molecular complexity index is 242. The molecule has 1 heterocycles. The Morgan fingerprint density at radius 2 is 2.25 bits per heavy atom. The third-order valence-electron chi connectivity index (χ3n) is 2.60. The molecule has 16 heavy (non-hydrogen) atoms. The molecule has 94 valence electrons. The van der Waals surface area contributed by atoms with Crippen LogP contribution in [-0.4, -0.2) is 42.0 Å². The van der Waals surface area contributed by atoms with E-state index < -0.39 is 11.7 Å². The topological polar surface area (TPSA) is 70.6 Å². The van der Waals surface area contributed by atoms with Crippen molar-refractivity contribution in [1.29, 1.82) is 0 Å². The minimum absolute atomic E-state index is 0.0669. The maximum absolute atomic E-state index is 11.7. The number of hydrogen-bond acceptors (Lipinski definition) is 4. The summed E-state index contributed by atoms with van der Waals surface area (Å²) in [4.78, 5) is 11.7. The highest BCUT2D eigenvalue weighted by Gasteiger charge is 2.36. The monoisotopic (exact) mass is 230 g/mol. The van der Waals surface area contributed by atoms with E-state index >= 15 is 0 Å². The zero-order chi connectivity index (χ0) is 12.2. The van der Waals surface area contributed by atoms with Crippen molar-refractivity contribution in [1.82, 2.24) is 10.6 Å². The lowest BCUT2D eigenvalue weighted by molar-refractivity contribution is 0.0448. The van der Waals surface area contributed by atoms with Gasteiger partial charge in [0.1, 0.15) is 5.60 Å². The normalized spacial score (nSPS) is 25.5. The lowest BCUT2D eigenvalue weighted by atomic mass is 9.95. The zero-order valence-corrected chi connectivity index (χ0v) is 10.3. The third kappa shape index (κ3) is 3.98. The molecule has 0 spiro atoms. The van der Waals surface area contributed by atoms with Crippen LogP contribution in [0.1, 0.15) is 33.6 Å². The zero-order valence-electron chi connectivity index (χ0n) is 10.3. The average Bonchev–Trinajstić information content (AvgIpc) is 2.49. The molecular weight excluding hydrogens is 208 g/mol. The molecule has 0 unspecified atom stereocenters. The second kappa shape index (κ2) is 5.01. The quantitative estimate of drug-likeness (QED) is 0.665. The molecule has 1 atom stereocenters. The highest BCUT2D eigenvalue weighted by atomic mass is 16.6. The first-order valence-corrected chi connectivity index (χ1v) is 5.70. The fraction of sp³-hybridized carbons (Fsp3) is 0.909. The molecule has 1 rings (SSSR count). The molecule has 0 aromatic carbocycles. The first-order valence-electron chi connectivity index (χ1n) is 5.70. The predicted molar refractivity (Wildman–Crippen MR) is 61.3 cm³/mol. The van der Waals surface area contributed by atoms with Crippen molar-refractivity contribution in [2.24, 2.45) is 0 Å². The molecular formula is C11H22N2O3. The first-order chi connectivity index (χ1) is 7.37. The Morgan fingerprint density at radius 1 is 1.56 bits per heavy atom. The molecule has 1 fully saturated rings. The van der Waals surface area contributed by atoms with Crippen molar-refractivity contribution in [3.63, 3.8) is 0 Å².